The van der Waals surface area contributed by atoms with Crippen LogP contribution in [0.25, 0.3) is 0 Å². The fourth-order valence-corrected chi connectivity index (χ4v) is 1.54. The van der Waals surface area contributed by atoms with Gasteiger partial charge in [-0.2, -0.15) is 0 Å². The molecule has 0 heterocycles. The first-order valence-electron chi connectivity index (χ1n) is 6.13. The first-order chi connectivity index (χ1) is 7.52. The first-order valence-corrected chi connectivity index (χ1v) is 6.13. The lowest BCUT2D eigenvalue weighted by Gasteiger charge is -2.27. The molecule has 0 saturated carbocycles. The zero-order valence-corrected chi connectivity index (χ0v) is 10.8. The number of amides is 1. The van der Waals surface area contributed by atoms with Crippen LogP contribution in [0.15, 0.2) is 0 Å². The van der Waals surface area contributed by atoms with Crippen molar-refractivity contribution in [3.05, 3.63) is 0 Å². The predicted octanol–water partition coefficient (Wildman–Crippen LogP) is 0.981. The molecule has 0 aliphatic rings. The normalized spacial score (nSPS) is 12.9. The molecule has 4 heteroatoms. The molecule has 0 saturated heterocycles. The SMILES string of the molecule is CC(CN)CCC(=O)N(CCCO)C(C)C. The number of aliphatic hydroxyl groups excluding tert-OH is 1. The lowest BCUT2D eigenvalue weighted by Crippen LogP contribution is -2.38. The van der Waals surface area contributed by atoms with Gasteiger partial charge in [-0.05, 0) is 39.2 Å². The van der Waals surface area contributed by atoms with E-state index in [1.54, 1.807) is 0 Å². The highest BCUT2D eigenvalue weighted by atomic mass is 16.3. The van der Waals surface area contributed by atoms with E-state index in [4.69, 9.17) is 10.8 Å². The van der Waals surface area contributed by atoms with Gasteiger partial charge in [0.2, 0.25) is 5.91 Å². The summed E-state index contributed by atoms with van der Waals surface area (Å²) in [5.41, 5.74) is 5.52. The van der Waals surface area contributed by atoms with Crippen LogP contribution in [0.4, 0.5) is 0 Å². The summed E-state index contributed by atoms with van der Waals surface area (Å²) in [5, 5.41) is 8.78. The summed E-state index contributed by atoms with van der Waals surface area (Å²) in [4.78, 5) is 13.7. The molecule has 0 bridgehead atoms. The lowest BCUT2D eigenvalue weighted by atomic mass is 10.1. The summed E-state index contributed by atoms with van der Waals surface area (Å²) in [7, 11) is 0. The first kappa shape index (κ1) is 15.4. The van der Waals surface area contributed by atoms with E-state index in [-0.39, 0.29) is 18.6 Å². The minimum Gasteiger partial charge on any atom is -0.396 e. The van der Waals surface area contributed by atoms with Gasteiger partial charge in [0.15, 0.2) is 0 Å². The zero-order chi connectivity index (χ0) is 12.6. The van der Waals surface area contributed by atoms with Gasteiger partial charge in [0, 0.05) is 25.6 Å². The van der Waals surface area contributed by atoms with Gasteiger partial charge in [0.05, 0.1) is 0 Å². The van der Waals surface area contributed by atoms with Crippen molar-refractivity contribution in [2.24, 2.45) is 11.7 Å². The van der Waals surface area contributed by atoms with Crippen LogP contribution in [0, 0.1) is 5.92 Å². The smallest absolute Gasteiger partial charge is 0.222 e. The van der Waals surface area contributed by atoms with Crippen molar-refractivity contribution < 1.29 is 9.90 Å². The van der Waals surface area contributed by atoms with Crippen LogP contribution >= 0.6 is 0 Å². The zero-order valence-electron chi connectivity index (χ0n) is 10.8. The van der Waals surface area contributed by atoms with Gasteiger partial charge in [0.1, 0.15) is 0 Å². The van der Waals surface area contributed by atoms with Crippen molar-refractivity contribution in [2.45, 2.75) is 46.1 Å². The minimum absolute atomic E-state index is 0.135. The fourth-order valence-electron chi connectivity index (χ4n) is 1.54. The van der Waals surface area contributed by atoms with Crippen molar-refractivity contribution in [2.75, 3.05) is 19.7 Å². The Morgan fingerprint density at radius 1 is 1.38 bits per heavy atom. The van der Waals surface area contributed by atoms with Gasteiger partial charge in [-0.25, -0.2) is 0 Å². The average Bonchev–Trinajstić information content (AvgIpc) is 2.25. The topological polar surface area (TPSA) is 66.6 Å². The summed E-state index contributed by atoms with van der Waals surface area (Å²) in [5.74, 6) is 0.569. The Hall–Kier alpha value is -0.610. The highest BCUT2D eigenvalue weighted by Crippen LogP contribution is 2.09. The van der Waals surface area contributed by atoms with Crippen LogP contribution < -0.4 is 5.73 Å². The van der Waals surface area contributed by atoms with Crippen LogP contribution in [-0.2, 0) is 4.79 Å². The van der Waals surface area contributed by atoms with Gasteiger partial charge < -0.3 is 15.7 Å². The van der Waals surface area contributed by atoms with Gasteiger partial charge in [0.25, 0.3) is 0 Å². The highest BCUT2D eigenvalue weighted by Gasteiger charge is 2.16. The molecule has 3 N–H and O–H groups in total. The Balaban J connectivity index is 4.06. The summed E-state index contributed by atoms with van der Waals surface area (Å²) >= 11 is 0. The van der Waals surface area contributed by atoms with Gasteiger partial charge in [-0.15, -0.1) is 0 Å². The third kappa shape index (κ3) is 6.08. The summed E-state index contributed by atoms with van der Waals surface area (Å²) in [6.07, 6.45) is 2.05. The molecule has 0 radical (unpaired) electrons. The van der Waals surface area contributed by atoms with E-state index in [1.807, 2.05) is 18.7 Å². The highest BCUT2D eigenvalue weighted by molar-refractivity contribution is 5.76. The second-order valence-corrected chi connectivity index (χ2v) is 4.64. The molecule has 16 heavy (non-hydrogen) atoms. The number of aliphatic hydroxyl groups is 1. The van der Waals surface area contributed by atoms with Crippen molar-refractivity contribution in [3.63, 3.8) is 0 Å². The molecule has 0 fully saturated rings. The van der Waals surface area contributed by atoms with E-state index < -0.39 is 0 Å². The second kappa shape index (κ2) is 8.53. The number of hydrogen-bond acceptors (Lipinski definition) is 3. The molecule has 1 unspecified atom stereocenters. The fraction of sp³-hybridized carbons (Fsp3) is 0.917. The maximum atomic E-state index is 11.9. The summed E-state index contributed by atoms with van der Waals surface area (Å²) in [6.45, 7) is 7.47. The number of carbonyl (C=O) groups excluding carboxylic acids is 1. The molecule has 1 amide bonds. The third-order valence-electron chi connectivity index (χ3n) is 2.75. The standard InChI is InChI=1S/C12H26N2O2/c1-10(2)14(7-4-8-15)12(16)6-5-11(3)9-13/h10-11,15H,4-9,13H2,1-3H3. The van der Waals surface area contributed by atoms with Crippen LogP contribution in [0.5, 0.6) is 0 Å². The molecule has 0 aromatic rings. The molecule has 96 valence electrons. The number of rotatable bonds is 8. The Morgan fingerprint density at radius 2 is 2.00 bits per heavy atom. The van der Waals surface area contributed by atoms with E-state index in [1.165, 1.54) is 0 Å². The largest absolute Gasteiger partial charge is 0.396 e. The minimum atomic E-state index is 0.135. The number of carbonyl (C=O) groups is 1. The van der Waals surface area contributed by atoms with E-state index in [0.29, 0.717) is 31.8 Å². The van der Waals surface area contributed by atoms with Crippen molar-refractivity contribution in [1.29, 1.82) is 0 Å². The van der Waals surface area contributed by atoms with E-state index in [0.717, 1.165) is 6.42 Å². The molecule has 0 aliphatic heterocycles. The summed E-state index contributed by atoms with van der Waals surface area (Å²) < 4.78 is 0. The van der Waals surface area contributed by atoms with E-state index in [2.05, 4.69) is 6.92 Å². The molecule has 0 aromatic carbocycles. The van der Waals surface area contributed by atoms with Crippen LogP contribution in [0.2, 0.25) is 0 Å². The molecule has 4 nitrogen and oxygen atoms in total. The van der Waals surface area contributed by atoms with Crippen molar-refractivity contribution in [3.8, 4) is 0 Å². The molecular weight excluding hydrogens is 204 g/mol. The monoisotopic (exact) mass is 230 g/mol. The van der Waals surface area contributed by atoms with Crippen LogP contribution in [0.1, 0.15) is 40.0 Å². The quantitative estimate of drug-likeness (QED) is 0.653. The lowest BCUT2D eigenvalue weighted by molar-refractivity contribution is -0.133. The van der Waals surface area contributed by atoms with Crippen LogP contribution in [0.3, 0.4) is 0 Å². The molecule has 0 aliphatic carbocycles. The molecule has 0 spiro atoms. The average molecular weight is 230 g/mol. The third-order valence-corrected chi connectivity index (χ3v) is 2.75. The van der Waals surface area contributed by atoms with E-state index in [9.17, 15) is 4.79 Å². The van der Waals surface area contributed by atoms with Crippen LogP contribution in [-0.4, -0.2) is 41.7 Å². The Morgan fingerprint density at radius 3 is 2.44 bits per heavy atom. The van der Waals surface area contributed by atoms with Gasteiger partial charge in [-0.3, -0.25) is 4.79 Å². The van der Waals surface area contributed by atoms with Crippen molar-refractivity contribution >= 4 is 5.91 Å². The Bertz CT molecular complexity index is 195. The van der Waals surface area contributed by atoms with E-state index >= 15 is 0 Å². The number of hydrogen-bond donors (Lipinski definition) is 2. The maximum Gasteiger partial charge on any atom is 0.222 e. The molecular formula is C12H26N2O2. The molecule has 0 rings (SSSR count). The predicted molar refractivity (Wildman–Crippen MR) is 66.0 cm³/mol. The molecule has 0 aromatic heterocycles. The maximum absolute atomic E-state index is 11.9. The number of nitrogens with zero attached hydrogens (tertiary/aromatic N) is 1. The second-order valence-electron chi connectivity index (χ2n) is 4.64. The Labute approximate surface area is 98.8 Å². The Kier molecular flexibility index (Phi) is 8.21. The summed E-state index contributed by atoms with van der Waals surface area (Å²) in [6, 6.07) is 0.201. The van der Waals surface area contributed by atoms with Gasteiger partial charge in [-0.1, -0.05) is 6.92 Å². The van der Waals surface area contributed by atoms with Crippen molar-refractivity contribution in [1.82, 2.24) is 4.90 Å². The van der Waals surface area contributed by atoms with Gasteiger partial charge >= 0.3 is 0 Å². The molecule has 1 atom stereocenters. The number of nitrogens with two attached hydrogens (primary N) is 1.